The molecule has 5 heteroatoms. The number of anilines is 1. The standard InChI is InChI=1S/C17H28N2O3/c1-6-8-11-17(4,21-5)16(20)19-14-9-10-15(18-13(14)3)22-12-7-2/h9-10H,6-8,11-12H2,1-5H3,(H,19,20)/t17-/m0/s1. The Morgan fingerprint density at radius 1 is 1.32 bits per heavy atom. The molecule has 0 aliphatic heterocycles. The molecule has 5 nitrogen and oxygen atoms in total. The van der Waals surface area contributed by atoms with Gasteiger partial charge in [-0.1, -0.05) is 26.7 Å². The van der Waals surface area contributed by atoms with E-state index in [4.69, 9.17) is 9.47 Å². The van der Waals surface area contributed by atoms with Gasteiger partial charge in [-0.15, -0.1) is 0 Å². The summed E-state index contributed by atoms with van der Waals surface area (Å²) < 4.78 is 10.9. The van der Waals surface area contributed by atoms with Gasteiger partial charge in [0.25, 0.3) is 5.91 Å². The molecule has 0 radical (unpaired) electrons. The highest BCUT2D eigenvalue weighted by Gasteiger charge is 2.32. The number of rotatable bonds is 9. The first-order valence-electron chi connectivity index (χ1n) is 7.93. The molecule has 0 bridgehead atoms. The van der Waals surface area contributed by atoms with E-state index in [1.165, 1.54) is 0 Å². The van der Waals surface area contributed by atoms with Crippen LogP contribution in [0.2, 0.25) is 0 Å². The Hall–Kier alpha value is -1.62. The average Bonchev–Trinajstić information content (AvgIpc) is 2.52. The first-order valence-corrected chi connectivity index (χ1v) is 7.93. The smallest absolute Gasteiger partial charge is 0.256 e. The number of amides is 1. The fourth-order valence-electron chi connectivity index (χ4n) is 2.03. The van der Waals surface area contributed by atoms with E-state index in [1.54, 1.807) is 13.2 Å². The molecule has 1 N–H and O–H groups in total. The summed E-state index contributed by atoms with van der Waals surface area (Å²) in [4.78, 5) is 16.8. The van der Waals surface area contributed by atoms with E-state index in [-0.39, 0.29) is 5.91 Å². The highest BCUT2D eigenvalue weighted by atomic mass is 16.5. The lowest BCUT2D eigenvalue weighted by molar-refractivity contribution is -0.136. The molecule has 0 fully saturated rings. The Morgan fingerprint density at radius 2 is 2.05 bits per heavy atom. The molecule has 22 heavy (non-hydrogen) atoms. The number of aromatic nitrogens is 1. The monoisotopic (exact) mass is 308 g/mol. The quantitative estimate of drug-likeness (QED) is 0.755. The fourth-order valence-corrected chi connectivity index (χ4v) is 2.03. The minimum Gasteiger partial charge on any atom is -0.478 e. The summed E-state index contributed by atoms with van der Waals surface area (Å²) in [5.74, 6) is 0.438. The van der Waals surface area contributed by atoms with Gasteiger partial charge in [-0.3, -0.25) is 4.79 Å². The number of hydrogen-bond acceptors (Lipinski definition) is 4. The maximum absolute atomic E-state index is 12.5. The van der Waals surface area contributed by atoms with Crippen LogP contribution < -0.4 is 10.1 Å². The van der Waals surface area contributed by atoms with Crippen LogP contribution in [-0.4, -0.2) is 30.2 Å². The molecule has 124 valence electrons. The van der Waals surface area contributed by atoms with Gasteiger partial charge in [0.15, 0.2) is 0 Å². The molecule has 1 heterocycles. The summed E-state index contributed by atoms with van der Waals surface area (Å²) >= 11 is 0. The minimum absolute atomic E-state index is 0.143. The Kier molecular flexibility index (Phi) is 7.32. The van der Waals surface area contributed by atoms with Gasteiger partial charge in [0.2, 0.25) is 5.88 Å². The molecule has 0 spiro atoms. The van der Waals surface area contributed by atoms with E-state index in [0.29, 0.717) is 24.6 Å². The van der Waals surface area contributed by atoms with Crippen molar-refractivity contribution in [2.75, 3.05) is 19.0 Å². The normalized spacial score (nSPS) is 13.5. The van der Waals surface area contributed by atoms with Crippen LogP contribution in [0.5, 0.6) is 5.88 Å². The van der Waals surface area contributed by atoms with Crippen LogP contribution in [0.25, 0.3) is 0 Å². The molecule has 0 aliphatic rings. The van der Waals surface area contributed by atoms with Gasteiger partial charge < -0.3 is 14.8 Å². The summed E-state index contributed by atoms with van der Waals surface area (Å²) in [5, 5.41) is 2.91. The van der Waals surface area contributed by atoms with Crippen LogP contribution in [-0.2, 0) is 9.53 Å². The maximum atomic E-state index is 12.5. The van der Waals surface area contributed by atoms with Crippen molar-refractivity contribution >= 4 is 11.6 Å². The number of ether oxygens (including phenoxy) is 2. The zero-order valence-electron chi connectivity index (χ0n) is 14.4. The number of aryl methyl sites for hydroxylation is 1. The van der Waals surface area contributed by atoms with Crippen LogP contribution in [0.4, 0.5) is 5.69 Å². The fraction of sp³-hybridized carbons (Fsp3) is 0.647. The molecule has 0 saturated heterocycles. The Bertz CT molecular complexity index is 491. The maximum Gasteiger partial charge on any atom is 0.256 e. The highest BCUT2D eigenvalue weighted by Crippen LogP contribution is 2.23. The van der Waals surface area contributed by atoms with Gasteiger partial charge in [-0.25, -0.2) is 4.98 Å². The van der Waals surface area contributed by atoms with Gasteiger partial charge in [0.1, 0.15) is 5.60 Å². The number of hydrogen-bond donors (Lipinski definition) is 1. The topological polar surface area (TPSA) is 60.5 Å². The largest absolute Gasteiger partial charge is 0.478 e. The van der Waals surface area contributed by atoms with Crippen molar-refractivity contribution in [3.8, 4) is 5.88 Å². The molecule has 1 aromatic heterocycles. The van der Waals surface area contributed by atoms with Crippen LogP contribution in [0, 0.1) is 6.92 Å². The number of pyridine rings is 1. The number of methoxy groups -OCH3 is 1. The molecule has 1 aromatic rings. The lowest BCUT2D eigenvalue weighted by Gasteiger charge is -2.27. The predicted octanol–water partition coefficient (Wildman–Crippen LogP) is 3.71. The third-order valence-electron chi connectivity index (χ3n) is 3.70. The second-order valence-corrected chi connectivity index (χ2v) is 5.62. The van der Waals surface area contributed by atoms with E-state index in [0.717, 1.165) is 25.0 Å². The summed E-state index contributed by atoms with van der Waals surface area (Å²) in [7, 11) is 1.57. The van der Waals surface area contributed by atoms with Crippen molar-refractivity contribution in [1.82, 2.24) is 4.98 Å². The van der Waals surface area contributed by atoms with Gasteiger partial charge in [0, 0.05) is 13.2 Å². The van der Waals surface area contributed by atoms with Crippen LogP contribution in [0.1, 0.15) is 52.1 Å². The number of unbranched alkanes of at least 4 members (excludes halogenated alkanes) is 1. The first kappa shape index (κ1) is 18.4. The lowest BCUT2D eigenvalue weighted by atomic mass is 9.97. The first-order chi connectivity index (χ1) is 10.5. The Morgan fingerprint density at radius 3 is 2.59 bits per heavy atom. The van der Waals surface area contributed by atoms with Gasteiger partial charge >= 0.3 is 0 Å². The third kappa shape index (κ3) is 4.98. The molecule has 1 amide bonds. The van der Waals surface area contributed by atoms with E-state index in [1.807, 2.05) is 26.8 Å². The SMILES string of the molecule is CCCC[C@](C)(OC)C(=O)Nc1ccc(OCCC)nc1C. The van der Waals surface area contributed by atoms with Gasteiger partial charge in [-0.05, 0) is 32.8 Å². The second kappa shape index (κ2) is 8.73. The van der Waals surface area contributed by atoms with Crippen LogP contribution >= 0.6 is 0 Å². The summed E-state index contributed by atoms with van der Waals surface area (Å²) in [6.07, 6.45) is 3.59. The van der Waals surface area contributed by atoms with Crippen molar-refractivity contribution in [3.05, 3.63) is 17.8 Å². The number of nitrogens with one attached hydrogen (secondary N) is 1. The van der Waals surface area contributed by atoms with Gasteiger partial charge in [-0.2, -0.15) is 0 Å². The third-order valence-corrected chi connectivity index (χ3v) is 3.70. The predicted molar refractivity (Wildman–Crippen MR) is 88.3 cm³/mol. The van der Waals surface area contributed by atoms with E-state index < -0.39 is 5.60 Å². The summed E-state index contributed by atoms with van der Waals surface area (Å²) in [6, 6.07) is 3.59. The lowest BCUT2D eigenvalue weighted by Crippen LogP contribution is -2.42. The molecule has 0 unspecified atom stereocenters. The van der Waals surface area contributed by atoms with Crippen molar-refractivity contribution in [2.24, 2.45) is 0 Å². The number of nitrogens with zero attached hydrogens (tertiary/aromatic N) is 1. The molecule has 1 rings (SSSR count). The minimum atomic E-state index is -0.820. The average molecular weight is 308 g/mol. The Labute approximate surface area is 133 Å². The molecule has 0 saturated carbocycles. The van der Waals surface area contributed by atoms with Crippen molar-refractivity contribution in [1.29, 1.82) is 0 Å². The highest BCUT2D eigenvalue weighted by molar-refractivity contribution is 5.97. The summed E-state index contributed by atoms with van der Waals surface area (Å²) in [5.41, 5.74) is 0.601. The number of carbonyl (C=O) groups is 1. The van der Waals surface area contributed by atoms with E-state index >= 15 is 0 Å². The number of carbonyl (C=O) groups excluding carboxylic acids is 1. The molecule has 0 aliphatic carbocycles. The van der Waals surface area contributed by atoms with Crippen molar-refractivity contribution in [2.45, 2.75) is 59.0 Å². The van der Waals surface area contributed by atoms with Crippen molar-refractivity contribution in [3.63, 3.8) is 0 Å². The molecular formula is C17H28N2O3. The molecule has 1 atom stereocenters. The van der Waals surface area contributed by atoms with Crippen LogP contribution in [0.3, 0.4) is 0 Å². The molecular weight excluding hydrogens is 280 g/mol. The summed E-state index contributed by atoms with van der Waals surface area (Å²) in [6.45, 7) is 8.45. The van der Waals surface area contributed by atoms with Crippen molar-refractivity contribution < 1.29 is 14.3 Å². The van der Waals surface area contributed by atoms with Crippen LogP contribution in [0.15, 0.2) is 12.1 Å². The zero-order valence-corrected chi connectivity index (χ0v) is 14.4. The molecule has 0 aromatic carbocycles. The Balaban J connectivity index is 2.78. The van der Waals surface area contributed by atoms with E-state index in [2.05, 4.69) is 17.2 Å². The van der Waals surface area contributed by atoms with Gasteiger partial charge in [0.05, 0.1) is 18.0 Å². The second-order valence-electron chi connectivity index (χ2n) is 5.62. The van der Waals surface area contributed by atoms with E-state index in [9.17, 15) is 4.79 Å². The zero-order chi connectivity index (χ0) is 16.6.